The second-order valence-corrected chi connectivity index (χ2v) is 6.73. The molecule has 1 atom stereocenters. The number of hydrogen-bond acceptors (Lipinski definition) is 9. The molecule has 26 heavy (non-hydrogen) atoms. The Morgan fingerprint density at radius 2 is 1.81 bits per heavy atom. The second-order valence-electron chi connectivity index (χ2n) is 5.16. The molecule has 0 amide bonds. The summed E-state index contributed by atoms with van der Waals surface area (Å²) in [5.41, 5.74) is 0.931. The van der Waals surface area contributed by atoms with E-state index in [0.717, 1.165) is 24.3 Å². The fourth-order valence-corrected chi connectivity index (χ4v) is 3.11. The number of non-ortho nitro benzene ring substituents is 1. The fraction of sp³-hybridized carbons (Fsp3) is 0.133. The summed E-state index contributed by atoms with van der Waals surface area (Å²) < 4.78 is 34.4. The van der Waals surface area contributed by atoms with Gasteiger partial charge in [-0.3, -0.25) is 14.3 Å². The van der Waals surface area contributed by atoms with Crippen LogP contribution in [0.3, 0.4) is 0 Å². The molecule has 0 aliphatic rings. The normalized spacial score (nSPS) is 12.7. The molecule has 11 heteroatoms. The highest BCUT2D eigenvalue weighted by Gasteiger charge is 2.22. The average molecular weight is 376 g/mol. The molecule has 3 aromatic rings. The summed E-state index contributed by atoms with van der Waals surface area (Å²) in [5, 5.41) is 14.4. The highest BCUT2D eigenvalue weighted by atomic mass is 32.2. The zero-order valence-electron chi connectivity index (χ0n) is 13.3. The number of hydrogen-bond donors (Lipinski definition) is 0. The van der Waals surface area contributed by atoms with E-state index in [9.17, 15) is 18.5 Å². The van der Waals surface area contributed by atoms with E-state index in [1.165, 1.54) is 25.6 Å². The van der Waals surface area contributed by atoms with Gasteiger partial charge in [0.2, 0.25) is 0 Å². The smallest absolute Gasteiger partial charge is 0.297 e. The van der Waals surface area contributed by atoms with Gasteiger partial charge in [0.25, 0.3) is 15.8 Å². The third kappa shape index (κ3) is 3.73. The van der Waals surface area contributed by atoms with Crippen molar-refractivity contribution < 1.29 is 22.0 Å². The number of benzene rings is 1. The standard InChI is InChI=1S/C15H12N4O6S/c1-10(15-16-8-11(9-17-15)14-6-7-24-18-14)25-26(22,23)13-4-2-12(3-5-13)19(20)21/h2-10H,1H3/t10-/m1/s1. The molecule has 2 aromatic heterocycles. The van der Waals surface area contributed by atoms with E-state index in [2.05, 4.69) is 15.1 Å². The van der Waals surface area contributed by atoms with Gasteiger partial charge in [-0.25, -0.2) is 9.97 Å². The van der Waals surface area contributed by atoms with Crippen molar-refractivity contribution in [3.05, 3.63) is 64.9 Å². The van der Waals surface area contributed by atoms with Crippen molar-refractivity contribution in [3.8, 4) is 11.3 Å². The molecule has 0 spiro atoms. The highest BCUT2D eigenvalue weighted by molar-refractivity contribution is 7.86. The lowest BCUT2D eigenvalue weighted by molar-refractivity contribution is -0.384. The van der Waals surface area contributed by atoms with Crippen molar-refractivity contribution in [2.75, 3.05) is 0 Å². The van der Waals surface area contributed by atoms with Gasteiger partial charge < -0.3 is 4.52 Å². The van der Waals surface area contributed by atoms with Crippen molar-refractivity contribution in [2.45, 2.75) is 17.9 Å². The van der Waals surface area contributed by atoms with Gasteiger partial charge in [-0.1, -0.05) is 5.16 Å². The zero-order valence-corrected chi connectivity index (χ0v) is 14.2. The summed E-state index contributed by atoms with van der Waals surface area (Å²) in [5.74, 6) is 0.155. The molecule has 0 radical (unpaired) electrons. The van der Waals surface area contributed by atoms with Crippen LogP contribution >= 0.6 is 0 Å². The van der Waals surface area contributed by atoms with E-state index >= 15 is 0 Å². The maximum absolute atomic E-state index is 12.3. The molecule has 0 saturated heterocycles. The maximum Gasteiger partial charge on any atom is 0.297 e. The lowest BCUT2D eigenvalue weighted by Crippen LogP contribution is -2.12. The van der Waals surface area contributed by atoms with Crippen LogP contribution in [0, 0.1) is 10.1 Å². The summed E-state index contributed by atoms with van der Waals surface area (Å²) in [4.78, 5) is 18.0. The van der Waals surface area contributed by atoms with Crippen molar-refractivity contribution in [1.29, 1.82) is 0 Å². The predicted octanol–water partition coefficient (Wildman–Crippen LogP) is 2.51. The Morgan fingerprint density at radius 3 is 2.35 bits per heavy atom. The molecule has 2 heterocycles. The first-order valence-electron chi connectivity index (χ1n) is 7.27. The third-order valence-corrected chi connectivity index (χ3v) is 4.77. The lowest BCUT2D eigenvalue weighted by Gasteiger charge is -2.12. The minimum Gasteiger partial charge on any atom is -0.364 e. The molecular formula is C15H12N4O6S. The van der Waals surface area contributed by atoms with Crippen LogP contribution in [0.2, 0.25) is 0 Å². The SMILES string of the molecule is C[C@@H](OS(=O)(=O)c1ccc([N+](=O)[O-])cc1)c1ncc(-c2ccon2)cn1. The van der Waals surface area contributed by atoms with E-state index in [1.807, 2.05) is 0 Å². The monoisotopic (exact) mass is 376 g/mol. The molecule has 0 N–H and O–H groups in total. The zero-order chi connectivity index (χ0) is 18.7. The van der Waals surface area contributed by atoms with Gasteiger partial charge in [0.15, 0.2) is 5.82 Å². The first-order chi connectivity index (χ1) is 12.4. The Kier molecular flexibility index (Phi) is 4.73. The van der Waals surface area contributed by atoms with Crippen molar-refractivity contribution in [3.63, 3.8) is 0 Å². The Morgan fingerprint density at radius 1 is 1.15 bits per heavy atom. The molecule has 0 fully saturated rings. The van der Waals surface area contributed by atoms with Gasteiger partial charge in [-0.15, -0.1) is 0 Å². The summed E-state index contributed by atoms with van der Waals surface area (Å²) >= 11 is 0. The van der Waals surface area contributed by atoms with E-state index < -0.39 is 21.1 Å². The number of nitro benzene ring substituents is 1. The number of aromatic nitrogens is 3. The van der Waals surface area contributed by atoms with Crippen LogP contribution in [0.25, 0.3) is 11.3 Å². The largest absolute Gasteiger partial charge is 0.364 e. The molecule has 0 aliphatic heterocycles. The quantitative estimate of drug-likeness (QED) is 0.360. The van der Waals surface area contributed by atoms with Gasteiger partial charge in [0.05, 0.1) is 9.82 Å². The Balaban J connectivity index is 1.75. The minimum absolute atomic E-state index is 0.155. The van der Waals surface area contributed by atoms with Crippen molar-refractivity contribution in [2.24, 2.45) is 0 Å². The van der Waals surface area contributed by atoms with Crippen LogP contribution in [0.5, 0.6) is 0 Å². The van der Waals surface area contributed by atoms with Crippen LogP contribution < -0.4 is 0 Å². The summed E-state index contributed by atoms with van der Waals surface area (Å²) in [6.07, 6.45) is 3.39. The summed E-state index contributed by atoms with van der Waals surface area (Å²) in [6.45, 7) is 1.48. The van der Waals surface area contributed by atoms with Crippen molar-refractivity contribution >= 4 is 15.8 Å². The van der Waals surface area contributed by atoms with E-state index in [4.69, 9.17) is 8.71 Å². The molecular weight excluding hydrogens is 364 g/mol. The van der Waals surface area contributed by atoms with Gasteiger partial charge in [-0.2, -0.15) is 8.42 Å². The summed E-state index contributed by atoms with van der Waals surface area (Å²) in [7, 11) is -4.13. The lowest BCUT2D eigenvalue weighted by atomic mass is 10.2. The first-order valence-corrected chi connectivity index (χ1v) is 8.68. The molecule has 10 nitrogen and oxygen atoms in total. The van der Waals surface area contributed by atoms with Crippen LogP contribution in [0.4, 0.5) is 5.69 Å². The molecule has 0 saturated carbocycles. The van der Waals surface area contributed by atoms with Crippen LogP contribution in [-0.4, -0.2) is 28.5 Å². The third-order valence-electron chi connectivity index (χ3n) is 3.38. The number of rotatable bonds is 6. The van der Waals surface area contributed by atoms with Gasteiger partial charge in [0, 0.05) is 36.2 Å². The molecule has 0 unspecified atom stereocenters. The van der Waals surface area contributed by atoms with Gasteiger partial charge in [0.1, 0.15) is 18.1 Å². The van der Waals surface area contributed by atoms with Crippen LogP contribution in [0.1, 0.15) is 18.9 Å². The highest BCUT2D eigenvalue weighted by Crippen LogP contribution is 2.24. The maximum atomic E-state index is 12.3. The Bertz CT molecular complexity index is 1000. The average Bonchev–Trinajstić information content (AvgIpc) is 3.16. The van der Waals surface area contributed by atoms with Gasteiger partial charge >= 0.3 is 0 Å². The topological polar surface area (TPSA) is 138 Å². The number of nitro groups is 1. The second kappa shape index (κ2) is 6.98. The molecule has 3 rings (SSSR count). The first kappa shape index (κ1) is 17.6. The van der Waals surface area contributed by atoms with Gasteiger partial charge in [-0.05, 0) is 19.1 Å². The van der Waals surface area contributed by atoms with E-state index in [0.29, 0.717) is 11.3 Å². The van der Waals surface area contributed by atoms with Crippen molar-refractivity contribution in [1.82, 2.24) is 15.1 Å². The molecule has 0 bridgehead atoms. The van der Waals surface area contributed by atoms with Crippen LogP contribution in [0.15, 0.2) is 58.4 Å². The summed E-state index contributed by atoms with van der Waals surface area (Å²) in [6, 6.07) is 6.02. The number of nitrogens with zero attached hydrogens (tertiary/aromatic N) is 4. The minimum atomic E-state index is -4.13. The molecule has 134 valence electrons. The Labute approximate surface area is 147 Å². The molecule has 0 aliphatic carbocycles. The molecule has 1 aromatic carbocycles. The Hall–Kier alpha value is -3.18. The fourth-order valence-electron chi connectivity index (χ4n) is 2.06. The van der Waals surface area contributed by atoms with E-state index in [-0.39, 0.29) is 16.4 Å². The van der Waals surface area contributed by atoms with E-state index in [1.54, 1.807) is 6.07 Å². The predicted molar refractivity (Wildman–Crippen MR) is 87.3 cm³/mol. The van der Waals surface area contributed by atoms with Crippen LogP contribution in [-0.2, 0) is 14.3 Å².